The highest BCUT2D eigenvalue weighted by molar-refractivity contribution is 8.00. The number of hydrogen-bond donors (Lipinski definition) is 3. The average Bonchev–Trinajstić information content (AvgIpc) is 3.21. The molecule has 0 radical (unpaired) electrons. The first-order chi connectivity index (χ1) is 12.3. The molecule has 9 heteroatoms. The second kappa shape index (κ2) is 6.81. The lowest BCUT2D eigenvalue weighted by molar-refractivity contribution is -0.0713. The van der Waals surface area contributed by atoms with E-state index < -0.39 is 15.1 Å². The summed E-state index contributed by atoms with van der Waals surface area (Å²) in [5, 5.41) is 23.0. The summed E-state index contributed by atoms with van der Waals surface area (Å²) >= 11 is 2.31. The van der Waals surface area contributed by atoms with Gasteiger partial charge in [0.25, 0.3) is 10.0 Å². The molecule has 6 nitrogen and oxygen atoms in total. The minimum Gasteiger partial charge on any atom is -0.382 e. The summed E-state index contributed by atoms with van der Waals surface area (Å²) in [6, 6.07) is 9.38. The minimum absolute atomic E-state index is 0.199. The van der Waals surface area contributed by atoms with Crippen LogP contribution in [0.2, 0.25) is 0 Å². The molecule has 3 heterocycles. The lowest BCUT2D eigenvalue weighted by atomic mass is 10.1. The standard InChI is InChI=1S/C17H20N2O4S3/c20-17(21)11-12-10-14(3-4-15(12)25-17)18-13-5-7-19(8-6-13)26(22,23)16-2-1-9-24-16/h1-4,9-10,13,18,20-21H,5-8,11H2. The molecule has 26 heavy (non-hydrogen) atoms. The fraction of sp³-hybridized carbons (Fsp3) is 0.412. The van der Waals surface area contributed by atoms with Crippen LogP contribution in [-0.4, -0.2) is 47.2 Å². The van der Waals surface area contributed by atoms with Gasteiger partial charge in [0.15, 0.2) is 0 Å². The number of hydrogen-bond acceptors (Lipinski definition) is 7. The Hall–Kier alpha value is -1.10. The molecule has 1 fully saturated rings. The Kier molecular flexibility index (Phi) is 4.79. The molecule has 2 aromatic rings. The fourth-order valence-corrected chi connectivity index (χ4v) is 6.97. The highest BCUT2D eigenvalue weighted by atomic mass is 32.2. The molecular weight excluding hydrogens is 392 g/mol. The Morgan fingerprint density at radius 3 is 2.65 bits per heavy atom. The van der Waals surface area contributed by atoms with Gasteiger partial charge in [-0.25, -0.2) is 8.42 Å². The van der Waals surface area contributed by atoms with E-state index in [9.17, 15) is 18.6 Å². The number of rotatable bonds is 4. The number of thioether (sulfide) groups is 1. The summed E-state index contributed by atoms with van der Waals surface area (Å²) < 4.78 is 27.1. The lowest BCUT2D eigenvalue weighted by Crippen LogP contribution is -2.42. The van der Waals surface area contributed by atoms with Crippen molar-refractivity contribution in [3.63, 3.8) is 0 Å². The first kappa shape index (κ1) is 18.3. The summed E-state index contributed by atoms with van der Waals surface area (Å²) in [5.74, 6) is 0. The molecule has 2 aliphatic rings. The third-order valence-corrected chi connectivity index (χ3v) is 9.03. The van der Waals surface area contributed by atoms with Crippen molar-refractivity contribution in [2.75, 3.05) is 18.4 Å². The van der Waals surface area contributed by atoms with Gasteiger partial charge in [-0.2, -0.15) is 4.31 Å². The molecule has 3 N–H and O–H groups in total. The number of nitrogens with zero attached hydrogens (tertiary/aromatic N) is 1. The van der Waals surface area contributed by atoms with Crippen molar-refractivity contribution in [3.05, 3.63) is 41.3 Å². The number of piperidine rings is 1. The van der Waals surface area contributed by atoms with Crippen LogP contribution < -0.4 is 5.32 Å². The van der Waals surface area contributed by atoms with Crippen molar-refractivity contribution < 1.29 is 18.6 Å². The van der Waals surface area contributed by atoms with Crippen LogP contribution in [0.1, 0.15) is 18.4 Å². The second-order valence-corrected chi connectivity index (χ2v) is 11.0. The topological polar surface area (TPSA) is 89.9 Å². The molecule has 1 saturated heterocycles. The van der Waals surface area contributed by atoms with E-state index in [1.54, 1.807) is 21.8 Å². The summed E-state index contributed by atoms with van der Waals surface area (Å²) in [5.41, 5.74) is 1.85. The van der Waals surface area contributed by atoms with Gasteiger partial charge >= 0.3 is 0 Å². The molecule has 0 atom stereocenters. The highest BCUT2D eigenvalue weighted by Gasteiger charge is 2.34. The second-order valence-electron chi connectivity index (χ2n) is 6.60. The van der Waals surface area contributed by atoms with E-state index in [-0.39, 0.29) is 12.5 Å². The van der Waals surface area contributed by atoms with Crippen molar-refractivity contribution in [1.82, 2.24) is 4.31 Å². The van der Waals surface area contributed by atoms with Gasteiger partial charge in [-0.3, -0.25) is 0 Å². The highest BCUT2D eigenvalue weighted by Crippen LogP contribution is 2.42. The lowest BCUT2D eigenvalue weighted by Gasteiger charge is -2.31. The molecule has 1 aromatic heterocycles. The molecule has 0 amide bonds. The third kappa shape index (κ3) is 3.64. The van der Waals surface area contributed by atoms with E-state index in [1.165, 1.54) is 11.3 Å². The van der Waals surface area contributed by atoms with E-state index in [0.717, 1.165) is 40.7 Å². The van der Waals surface area contributed by atoms with E-state index in [2.05, 4.69) is 5.32 Å². The maximum atomic E-state index is 12.6. The number of thiophene rings is 1. The Labute approximate surface area is 160 Å². The van der Waals surface area contributed by atoms with Crippen LogP contribution in [0.15, 0.2) is 44.8 Å². The van der Waals surface area contributed by atoms with Crippen molar-refractivity contribution in [1.29, 1.82) is 0 Å². The van der Waals surface area contributed by atoms with E-state index >= 15 is 0 Å². The van der Waals surface area contributed by atoms with Gasteiger partial charge in [0, 0.05) is 36.1 Å². The Morgan fingerprint density at radius 1 is 1.19 bits per heavy atom. The zero-order valence-corrected chi connectivity index (χ0v) is 16.4. The van der Waals surface area contributed by atoms with E-state index in [1.807, 2.05) is 18.2 Å². The number of fused-ring (bicyclic) bond motifs is 1. The molecule has 0 spiro atoms. The van der Waals surface area contributed by atoms with Crippen LogP contribution in [-0.2, 0) is 16.4 Å². The SMILES string of the molecule is O=S(=O)(c1cccs1)N1CCC(Nc2ccc3c(c2)CC(O)(O)S3)CC1. The van der Waals surface area contributed by atoms with Crippen molar-refractivity contribution in [2.24, 2.45) is 0 Å². The predicted molar refractivity (Wildman–Crippen MR) is 103 cm³/mol. The first-order valence-electron chi connectivity index (χ1n) is 8.40. The van der Waals surface area contributed by atoms with Crippen LogP contribution in [0.5, 0.6) is 0 Å². The molecule has 0 bridgehead atoms. The van der Waals surface area contributed by atoms with Crippen LogP contribution in [0.4, 0.5) is 5.69 Å². The molecule has 2 aliphatic heterocycles. The van der Waals surface area contributed by atoms with Crippen LogP contribution >= 0.6 is 23.1 Å². The number of aliphatic hydroxyl groups is 2. The van der Waals surface area contributed by atoms with Gasteiger partial charge < -0.3 is 15.5 Å². The van der Waals surface area contributed by atoms with Gasteiger partial charge in [0.05, 0.1) is 0 Å². The fourth-order valence-electron chi connectivity index (χ4n) is 3.38. The van der Waals surface area contributed by atoms with Gasteiger partial charge in [0.1, 0.15) is 4.21 Å². The normalized spacial score (nSPS) is 20.8. The molecule has 0 aliphatic carbocycles. The largest absolute Gasteiger partial charge is 0.382 e. The molecule has 1 aromatic carbocycles. The van der Waals surface area contributed by atoms with Gasteiger partial charge in [-0.1, -0.05) is 17.8 Å². The summed E-state index contributed by atoms with van der Waals surface area (Å²) in [7, 11) is -3.37. The van der Waals surface area contributed by atoms with E-state index in [4.69, 9.17) is 0 Å². The quantitative estimate of drug-likeness (QED) is 0.668. The summed E-state index contributed by atoms with van der Waals surface area (Å²) in [6.45, 7) is 0.990. The molecule has 4 rings (SSSR count). The predicted octanol–water partition coefficient (Wildman–Crippen LogP) is 2.30. The maximum absolute atomic E-state index is 12.6. The molecule has 140 valence electrons. The van der Waals surface area contributed by atoms with Crippen molar-refractivity contribution >= 4 is 38.8 Å². The number of benzene rings is 1. The van der Waals surface area contributed by atoms with E-state index in [0.29, 0.717) is 17.3 Å². The Bertz CT molecular complexity index is 889. The summed E-state index contributed by atoms with van der Waals surface area (Å²) in [4.78, 5) is 0.886. The number of nitrogens with one attached hydrogen (secondary N) is 1. The smallest absolute Gasteiger partial charge is 0.252 e. The summed E-state index contributed by atoms with van der Waals surface area (Å²) in [6.07, 6.45) is 1.68. The zero-order valence-electron chi connectivity index (χ0n) is 14.0. The third-order valence-electron chi connectivity index (χ3n) is 4.67. The first-order valence-corrected chi connectivity index (χ1v) is 11.5. The molecular formula is C17H20N2O4S3. The van der Waals surface area contributed by atoms with Crippen LogP contribution in [0.3, 0.4) is 0 Å². The van der Waals surface area contributed by atoms with Crippen LogP contribution in [0.25, 0.3) is 0 Å². The zero-order chi connectivity index (χ0) is 18.4. The Morgan fingerprint density at radius 2 is 1.96 bits per heavy atom. The number of sulfonamides is 1. The van der Waals surface area contributed by atoms with Crippen molar-refractivity contribution in [3.8, 4) is 0 Å². The van der Waals surface area contributed by atoms with Crippen molar-refractivity contribution in [2.45, 2.75) is 39.5 Å². The molecule has 0 saturated carbocycles. The molecule has 0 unspecified atom stereocenters. The number of anilines is 1. The van der Waals surface area contributed by atoms with Gasteiger partial charge in [0.2, 0.25) is 5.12 Å². The maximum Gasteiger partial charge on any atom is 0.252 e. The minimum atomic E-state index is -3.37. The van der Waals surface area contributed by atoms with Gasteiger partial charge in [-0.05, 0) is 48.1 Å². The van der Waals surface area contributed by atoms with Crippen LogP contribution in [0, 0.1) is 0 Å². The average molecular weight is 413 g/mol. The monoisotopic (exact) mass is 412 g/mol. The van der Waals surface area contributed by atoms with Gasteiger partial charge in [-0.15, -0.1) is 11.3 Å². The Balaban J connectivity index is 1.38.